The second kappa shape index (κ2) is 6.39. The normalized spacial score (nSPS) is 18.7. The Morgan fingerprint density at radius 2 is 1.69 bits per heavy atom. The van der Waals surface area contributed by atoms with E-state index in [0.717, 1.165) is 0 Å². The van der Waals surface area contributed by atoms with Gasteiger partial charge >= 0.3 is 0 Å². The van der Waals surface area contributed by atoms with Crippen LogP contribution in [0.25, 0.3) is 0 Å². The summed E-state index contributed by atoms with van der Waals surface area (Å²) in [7, 11) is 0. The SMILES string of the molecule is CCC(C)C(C)NC(CO)C(C)C. The van der Waals surface area contributed by atoms with Crippen LogP contribution in [0.3, 0.4) is 0 Å². The van der Waals surface area contributed by atoms with Crippen LogP contribution in [0.2, 0.25) is 0 Å². The summed E-state index contributed by atoms with van der Waals surface area (Å²) in [5, 5.41) is 12.6. The predicted octanol–water partition coefficient (Wildman–Crippen LogP) is 2.03. The molecule has 0 bridgehead atoms. The lowest BCUT2D eigenvalue weighted by Gasteiger charge is -2.28. The van der Waals surface area contributed by atoms with Crippen LogP contribution in [-0.4, -0.2) is 23.8 Å². The molecule has 0 aromatic rings. The van der Waals surface area contributed by atoms with Gasteiger partial charge in [-0.15, -0.1) is 0 Å². The Hall–Kier alpha value is -0.0800. The molecule has 13 heavy (non-hydrogen) atoms. The van der Waals surface area contributed by atoms with Crippen LogP contribution in [0.1, 0.15) is 41.0 Å². The van der Waals surface area contributed by atoms with E-state index in [2.05, 4.69) is 39.9 Å². The highest BCUT2D eigenvalue weighted by atomic mass is 16.3. The van der Waals surface area contributed by atoms with E-state index in [1.54, 1.807) is 0 Å². The molecule has 0 saturated carbocycles. The van der Waals surface area contributed by atoms with Crippen LogP contribution in [-0.2, 0) is 0 Å². The summed E-state index contributed by atoms with van der Waals surface area (Å²) in [6.07, 6.45) is 1.18. The molecule has 0 radical (unpaired) electrons. The fourth-order valence-electron chi connectivity index (χ4n) is 1.31. The van der Waals surface area contributed by atoms with E-state index < -0.39 is 0 Å². The molecule has 80 valence electrons. The molecule has 0 aromatic heterocycles. The van der Waals surface area contributed by atoms with Crippen LogP contribution < -0.4 is 5.32 Å². The van der Waals surface area contributed by atoms with Crippen molar-refractivity contribution in [3.05, 3.63) is 0 Å². The van der Waals surface area contributed by atoms with Crippen molar-refractivity contribution in [1.29, 1.82) is 0 Å². The Morgan fingerprint density at radius 1 is 1.15 bits per heavy atom. The zero-order valence-corrected chi connectivity index (χ0v) is 9.67. The van der Waals surface area contributed by atoms with E-state index in [1.165, 1.54) is 6.42 Å². The first kappa shape index (κ1) is 12.9. The maximum atomic E-state index is 9.14. The lowest BCUT2D eigenvalue weighted by Crippen LogP contribution is -2.44. The van der Waals surface area contributed by atoms with Crippen molar-refractivity contribution >= 4 is 0 Å². The van der Waals surface area contributed by atoms with Crippen molar-refractivity contribution < 1.29 is 5.11 Å². The minimum Gasteiger partial charge on any atom is -0.395 e. The number of hydrogen-bond acceptors (Lipinski definition) is 2. The van der Waals surface area contributed by atoms with E-state index in [-0.39, 0.29) is 12.6 Å². The molecule has 0 aliphatic carbocycles. The number of rotatable bonds is 6. The van der Waals surface area contributed by atoms with Gasteiger partial charge in [0.25, 0.3) is 0 Å². The second-order valence-electron chi connectivity index (χ2n) is 4.37. The second-order valence-corrected chi connectivity index (χ2v) is 4.37. The predicted molar refractivity (Wildman–Crippen MR) is 57.8 cm³/mol. The Morgan fingerprint density at radius 3 is 2.00 bits per heavy atom. The fourth-order valence-corrected chi connectivity index (χ4v) is 1.31. The third-order valence-electron chi connectivity index (χ3n) is 2.98. The Bertz CT molecular complexity index is 125. The molecule has 0 saturated heterocycles. The standard InChI is InChI=1S/C11H25NO/c1-6-9(4)10(5)12-11(7-13)8(2)3/h8-13H,6-7H2,1-5H3. The van der Waals surface area contributed by atoms with E-state index in [9.17, 15) is 0 Å². The molecule has 2 nitrogen and oxygen atoms in total. The highest BCUT2D eigenvalue weighted by Crippen LogP contribution is 2.10. The highest BCUT2D eigenvalue weighted by Gasteiger charge is 2.17. The summed E-state index contributed by atoms with van der Waals surface area (Å²) in [5.41, 5.74) is 0. The van der Waals surface area contributed by atoms with Gasteiger partial charge in [0.1, 0.15) is 0 Å². The molecule has 0 spiro atoms. The molecule has 0 fully saturated rings. The number of aliphatic hydroxyl groups excluding tert-OH is 1. The quantitative estimate of drug-likeness (QED) is 0.667. The topological polar surface area (TPSA) is 32.3 Å². The van der Waals surface area contributed by atoms with Crippen molar-refractivity contribution in [3.8, 4) is 0 Å². The number of hydrogen-bond donors (Lipinski definition) is 2. The van der Waals surface area contributed by atoms with Crippen LogP contribution in [0.4, 0.5) is 0 Å². The summed E-state index contributed by atoms with van der Waals surface area (Å²) >= 11 is 0. The van der Waals surface area contributed by atoms with E-state index in [1.807, 2.05) is 0 Å². The van der Waals surface area contributed by atoms with Crippen molar-refractivity contribution in [2.24, 2.45) is 11.8 Å². The largest absolute Gasteiger partial charge is 0.395 e. The van der Waals surface area contributed by atoms with E-state index in [4.69, 9.17) is 5.11 Å². The molecule has 3 atom stereocenters. The zero-order chi connectivity index (χ0) is 10.4. The average Bonchev–Trinajstić information content (AvgIpc) is 2.11. The van der Waals surface area contributed by atoms with Crippen molar-refractivity contribution in [1.82, 2.24) is 5.32 Å². The Balaban J connectivity index is 3.93. The molecule has 2 N–H and O–H groups in total. The molecule has 0 amide bonds. The van der Waals surface area contributed by atoms with Gasteiger partial charge in [0.15, 0.2) is 0 Å². The van der Waals surface area contributed by atoms with E-state index >= 15 is 0 Å². The first-order valence-corrected chi connectivity index (χ1v) is 5.39. The van der Waals surface area contributed by atoms with Gasteiger partial charge in [-0.25, -0.2) is 0 Å². The van der Waals surface area contributed by atoms with Gasteiger partial charge in [-0.2, -0.15) is 0 Å². The molecule has 0 aliphatic rings. The van der Waals surface area contributed by atoms with Gasteiger partial charge in [0.05, 0.1) is 6.61 Å². The van der Waals surface area contributed by atoms with E-state index in [0.29, 0.717) is 17.9 Å². The summed E-state index contributed by atoms with van der Waals surface area (Å²) < 4.78 is 0. The maximum Gasteiger partial charge on any atom is 0.0587 e. The third-order valence-corrected chi connectivity index (χ3v) is 2.98. The first-order chi connectivity index (χ1) is 6.02. The zero-order valence-electron chi connectivity index (χ0n) is 9.67. The maximum absolute atomic E-state index is 9.14. The van der Waals surface area contributed by atoms with Crippen LogP contribution in [0.5, 0.6) is 0 Å². The molecule has 0 rings (SSSR count). The van der Waals surface area contributed by atoms with Gasteiger partial charge in [-0.05, 0) is 18.8 Å². The number of nitrogens with one attached hydrogen (secondary N) is 1. The van der Waals surface area contributed by atoms with Gasteiger partial charge in [0.2, 0.25) is 0 Å². The Labute approximate surface area is 82.7 Å². The fraction of sp³-hybridized carbons (Fsp3) is 1.00. The van der Waals surface area contributed by atoms with Crippen LogP contribution in [0.15, 0.2) is 0 Å². The van der Waals surface area contributed by atoms with Gasteiger partial charge in [-0.3, -0.25) is 0 Å². The molecule has 0 heterocycles. The molecule has 3 unspecified atom stereocenters. The molecule has 2 heteroatoms. The summed E-state index contributed by atoms with van der Waals surface area (Å²) in [6, 6.07) is 0.730. The van der Waals surface area contributed by atoms with Gasteiger partial charge in [0, 0.05) is 12.1 Å². The lowest BCUT2D eigenvalue weighted by molar-refractivity contribution is 0.189. The molecule has 0 aromatic carbocycles. The van der Waals surface area contributed by atoms with Crippen molar-refractivity contribution in [3.63, 3.8) is 0 Å². The first-order valence-electron chi connectivity index (χ1n) is 5.39. The summed E-state index contributed by atoms with van der Waals surface area (Å²) in [4.78, 5) is 0. The molecule has 0 aliphatic heterocycles. The van der Waals surface area contributed by atoms with Crippen molar-refractivity contribution in [2.75, 3.05) is 6.61 Å². The van der Waals surface area contributed by atoms with Gasteiger partial charge < -0.3 is 10.4 Å². The van der Waals surface area contributed by atoms with Crippen molar-refractivity contribution in [2.45, 2.75) is 53.1 Å². The molecular formula is C11H25NO. The average molecular weight is 187 g/mol. The minimum absolute atomic E-state index is 0.235. The highest BCUT2D eigenvalue weighted by molar-refractivity contribution is 4.76. The smallest absolute Gasteiger partial charge is 0.0587 e. The number of aliphatic hydroxyl groups is 1. The van der Waals surface area contributed by atoms with Gasteiger partial charge in [-0.1, -0.05) is 34.1 Å². The Kier molecular flexibility index (Phi) is 6.35. The van der Waals surface area contributed by atoms with Crippen LogP contribution >= 0.6 is 0 Å². The molecular weight excluding hydrogens is 162 g/mol. The van der Waals surface area contributed by atoms with Crippen LogP contribution in [0, 0.1) is 11.8 Å². The summed E-state index contributed by atoms with van der Waals surface area (Å²) in [5.74, 6) is 1.17. The summed E-state index contributed by atoms with van der Waals surface area (Å²) in [6.45, 7) is 11.1. The lowest BCUT2D eigenvalue weighted by atomic mass is 9.97. The third kappa shape index (κ3) is 4.63. The minimum atomic E-state index is 0.235. The monoisotopic (exact) mass is 187 g/mol.